The highest BCUT2D eigenvalue weighted by atomic mass is 32.1. The maximum atomic E-state index is 12.9. The summed E-state index contributed by atoms with van der Waals surface area (Å²) in [5.74, 6) is -0.159. The number of benzene rings is 2. The lowest BCUT2D eigenvalue weighted by Gasteiger charge is -2.08. The van der Waals surface area contributed by atoms with E-state index in [1.165, 1.54) is 23.5 Å². The van der Waals surface area contributed by atoms with Crippen molar-refractivity contribution >= 4 is 28.2 Å². The van der Waals surface area contributed by atoms with Crippen molar-refractivity contribution in [2.75, 3.05) is 0 Å². The number of carboxylic acids is 1. The van der Waals surface area contributed by atoms with Crippen LogP contribution in [-0.2, 0) is 24.1 Å². The second-order valence-corrected chi connectivity index (χ2v) is 8.99. The van der Waals surface area contributed by atoms with Gasteiger partial charge in [0.2, 0.25) is 0 Å². The monoisotopic (exact) mass is 474 g/mol. The molecule has 2 aromatic heterocycles. The first-order chi connectivity index (χ1) is 15.6. The average molecular weight is 475 g/mol. The first-order valence-electron chi connectivity index (χ1n) is 10.2. The Hall–Kier alpha value is -3.33. The van der Waals surface area contributed by atoms with Crippen LogP contribution in [0.4, 0.5) is 13.2 Å². The number of alkyl halides is 3. The first kappa shape index (κ1) is 22.8. The maximum Gasteiger partial charge on any atom is 0.416 e. The van der Waals surface area contributed by atoms with Crippen molar-refractivity contribution in [1.29, 1.82) is 0 Å². The van der Waals surface area contributed by atoms with Crippen molar-refractivity contribution in [1.82, 2.24) is 9.55 Å². The number of aromatic nitrogens is 2. The topological polar surface area (TPSA) is 64.4 Å². The van der Waals surface area contributed by atoms with Crippen LogP contribution < -0.4 is 4.74 Å². The van der Waals surface area contributed by atoms with Gasteiger partial charge in [-0.2, -0.15) is 13.2 Å². The van der Waals surface area contributed by atoms with Gasteiger partial charge >= 0.3 is 12.1 Å². The molecule has 33 heavy (non-hydrogen) atoms. The number of aliphatic carboxylic acids is 1. The van der Waals surface area contributed by atoms with Crippen LogP contribution in [0.5, 0.6) is 5.75 Å². The van der Waals surface area contributed by atoms with Gasteiger partial charge in [-0.25, -0.2) is 4.98 Å². The van der Waals surface area contributed by atoms with Gasteiger partial charge in [0, 0.05) is 22.7 Å². The van der Waals surface area contributed by atoms with Crippen LogP contribution in [0.15, 0.2) is 54.7 Å². The largest absolute Gasteiger partial charge is 0.488 e. The Morgan fingerprint density at radius 3 is 2.52 bits per heavy atom. The lowest BCUT2D eigenvalue weighted by molar-refractivity contribution is -0.138. The molecule has 0 unspecified atom stereocenters. The third kappa shape index (κ3) is 5.03. The highest BCUT2D eigenvalue weighted by Gasteiger charge is 2.30. The summed E-state index contributed by atoms with van der Waals surface area (Å²) in [6.07, 6.45) is -2.65. The molecule has 0 spiro atoms. The number of carbonyl (C=O) groups is 1. The Morgan fingerprint density at radius 2 is 1.88 bits per heavy atom. The summed E-state index contributed by atoms with van der Waals surface area (Å²) in [6.45, 7) is 4.17. The zero-order valence-corrected chi connectivity index (χ0v) is 18.7. The van der Waals surface area contributed by atoms with Gasteiger partial charge in [0.05, 0.1) is 16.1 Å². The van der Waals surface area contributed by atoms with Crippen molar-refractivity contribution in [2.24, 2.45) is 0 Å². The lowest BCUT2D eigenvalue weighted by atomic mass is 10.1. The SMILES string of the molecule is CC(C)c1nc(-c2ccc(C(F)(F)F)cc2)sc1COc1ccc2c(ccn2CC(=O)O)c1. The van der Waals surface area contributed by atoms with Crippen LogP contribution in [0.25, 0.3) is 21.5 Å². The van der Waals surface area contributed by atoms with E-state index in [1.54, 1.807) is 16.8 Å². The van der Waals surface area contributed by atoms with Crippen LogP contribution in [0.3, 0.4) is 0 Å². The Balaban J connectivity index is 1.54. The summed E-state index contributed by atoms with van der Waals surface area (Å²) in [4.78, 5) is 16.6. The molecule has 0 saturated heterocycles. The second-order valence-electron chi connectivity index (χ2n) is 7.90. The Labute approximate surface area is 192 Å². The van der Waals surface area contributed by atoms with E-state index in [0.717, 1.165) is 33.6 Å². The van der Waals surface area contributed by atoms with Crippen LogP contribution in [0, 0.1) is 0 Å². The second kappa shape index (κ2) is 8.90. The van der Waals surface area contributed by atoms with Crippen LogP contribution in [-0.4, -0.2) is 20.6 Å². The third-order valence-electron chi connectivity index (χ3n) is 5.15. The maximum absolute atomic E-state index is 12.9. The van der Waals surface area contributed by atoms with Crippen LogP contribution >= 0.6 is 11.3 Å². The molecule has 4 aromatic rings. The predicted octanol–water partition coefficient (Wildman–Crippen LogP) is 6.57. The van der Waals surface area contributed by atoms with Gasteiger partial charge in [-0.05, 0) is 42.3 Å². The molecule has 0 atom stereocenters. The third-order valence-corrected chi connectivity index (χ3v) is 6.25. The van der Waals surface area contributed by atoms with Gasteiger partial charge in [-0.1, -0.05) is 26.0 Å². The van der Waals surface area contributed by atoms with Crippen molar-refractivity contribution in [3.05, 3.63) is 70.9 Å². The number of hydrogen-bond acceptors (Lipinski definition) is 4. The number of hydrogen-bond donors (Lipinski definition) is 1. The van der Waals surface area contributed by atoms with Crippen molar-refractivity contribution < 1.29 is 27.8 Å². The average Bonchev–Trinajstić information content (AvgIpc) is 3.36. The minimum Gasteiger partial charge on any atom is -0.488 e. The summed E-state index contributed by atoms with van der Waals surface area (Å²) < 4.78 is 46.2. The molecule has 0 aliphatic rings. The minimum absolute atomic E-state index is 0.116. The van der Waals surface area contributed by atoms with Crippen LogP contribution in [0.2, 0.25) is 0 Å². The number of nitrogens with zero attached hydrogens (tertiary/aromatic N) is 2. The Morgan fingerprint density at radius 1 is 1.15 bits per heavy atom. The van der Waals surface area contributed by atoms with Crippen molar-refractivity contribution in [2.45, 2.75) is 39.1 Å². The molecular weight excluding hydrogens is 453 g/mol. The van der Waals surface area contributed by atoms with E-state index in [2.05, 4.69) is 4.98 Å². The molecule has 0 saturated carbocycles. The van der Waals surface area contributed by atoms with Gasteiger partial charge in [-0.15, -0.1) is 11.3 Å². The van der Waals surface area contributed by atoms with E-state index in [0.29, 0.717) is 16.3 Å². The number of rotatable bonds is 7. The fourth-order valence-corrected chi connectivity index (χ4v) is 4.68. The van der Waals surface area contributed by atoms with Gasteiger partial charge < -0.3 is 14.4 Å². The number of carboxylic acid groups (broad SMARTS) is 1. The molecule has 172 valence electrons. The van der Waals surface area contributed by atoms with E-state index in [1.807, 2.05) is 32.0 Å². The van der Waals surface area contributed by atoms with E-state index in [-0.39, 0.29) is 19.1 Å². The highest BCUT2D eigenvalue weighted by molar-refractivity contribution is 7.15. The summed E-state index contributed by atoms with van der Waals surface area (Å²) in [6, 6.07) is 12.3. The molecule has 0 radical (unpaired) electrons. The Kier molecular flexibility index (Phi) is 6.16. The summed E-state index contributed by atoms with van der Waals surface area (Å²) >= 11 is 1.40. The smallest absolute Gasteiger partial charge is 0.416 e. The first-order valence-corrected chi connectivity index (χ1v) is 11.0. The molecule has 2 aromatic carbocycles. The summed E-state index contributed by atoms with van der Waals surface area (Å²) in [7, 11) is 0. The summed E-state index contributed by atoms with van der Waals surface area (Å²) in [5, 5.41) is 10.5. The zero-order valence-electron chi connectivity index (χ0n) is 17.9. The molecule has 2 heterocycles. The number of fused-ring (bicyclic) bond motifs is 1. The number of thiazole rings is 1. The molecule has 0 aliphatic heterocycles. The Bertz CT molecular complexity index is 1290. The molecule has 0 bridgehead atoms. The normalized spacial score (nSPS) is 11.9. The fourth-order valence-electron chi connectivity index (χ4n) is 3.54. The molecule has 5 nitrogen and oxygen atoms in total. The van der Waals surface area contributed by atoms with E-state index in [9.17, 15) is 18.0 Å². The quantitative estimate of drug-likeness (QED) is 0.329. The van der Waals surface area contributed by atoms with E-state index >= 15 is 0 Å². The lowest BCUT2D eigenvalue weighted by Crippen LogP contribution is -2.07. The molecule has 4 rings (SSSR count). The molecule has 0 fully saturated rings. The van der Waals surface area contributed by atoms with Gasteiger partial charge in [-0.3, -0.25) is 4.79 Å². The molecular formula is C24H21F3N2O3S. The van der Waals surface area contributed by atoms with Crippen LogP contribution in [0.1, 0.15) is 35.9 Å². The van der Waals surface area contributed by atoms with Gasteiger partial charge in [0.1, 0.15) is 23.9 Å². The number of halogens is 3. The number of ether oxygens (including phenoxy) is 1. The zero-order chi connectivity index (χ0) is 23.8. The molecule has 9 heteroatoms. The van der Waals surface area contributed by atoms with Crippen molar-refractivity contribution in [3.63, 3.8) is 0 Å². The van der Waals surface area contributed by atoms with E-state index < -0.39 is 17.7 Å². The highest BCUT2D eigenvalue weighted by Crippen LogP contribution is 2.35. The van der Waals surface area contributed by atoms with Gasteiger partial charge in [0.15, 0.2) is 0 Å². The van der Waals surface area contributed by atoms with E-state index in [4.69, 9.17) is 9.84 Å². The summed E-state index contributed by atoms with van der Waals surface area (Å²) in [5.41, 5.74) is 1.59. The minimum atomic E-state index is -4.38. The fraction of sp³-hybridized carbons (Fsp3) is 0.250. The standard InChI is InChI=1S/C24H21F3N2O3S/c1-14(2)22-20(33-23(28-22)15-3-5-17(6-4-15)24(25,26)27)13-32-18-7-8-19-16(11-18)9-10-29(19)12-21(30)31/h3-11,14H,12-13H2,1-2H3,(H,30,31). The predicted molar refractivity (Wildman–Crippen MR) is 121 cm³/mol. The molecule has 0 amide bonds. The molecule has 0 aliphatic carbocycles. The molecule has 1 N–H and O–H groups in total. The van der Waals surface area contributed by atoms with Crippen molar-refractivity contribution in [3.8, 4) is 16.3 Å². The van der Waals surface area contributed by atoms with Gasteiger partial charge in [0.25, 0.3) is 0 Å².